The molecule has 1 aliphatic rings. The molecule has 3 aromatic rings. The van der Waals surface area contributed by atoms with E-state index in [1.54, 1.807) is 6.92 Å². The summed E-state index contributed by atoms with van der Waals surface area (Å²) in [5, 5.41) is 3.42. The first-order valence-electron chi connectivity index (χ1n) is 11.1. The third kappa shape index (κ3) is 5.10. The summed E-state index contributed by atoms with van der Waals surface area (Å²) in [7, 11) is -2.67. The summed E-state index contributed by atoms with van der Waals surface area (Å²) in [6.07, 6.45) is 2.60. The Morgan fingerprint density at radius 2 is 1.94 bits per heavy atom. The quantitative estimate of drug-likeness (QED) is 0.395. The van der Waals surface area contributed by atoms with Gasteiger partial charge in [-0.05, 0) is 25.0 Å². The summed E-state index contributed by atoms with van der Waals surface area (Å²) in [5.41, 5.74) is -0.339. The maximum Gasteiger partial charge on any atom is 0.301 e. The van der Waals surface area contributed by atoms with Crippen molar-refractivity contribution in [2.24, 2.45) is 0 Å². The van der Waals surface area contributed by atoms with E-state index in [1.807, 2.05) is 0 Å². The Morgan fingerprint density at radius 1 is 1.23 bits per heavy atom. The van der Waals surface area contributed by atoms with Crippen LogP contribution in [0.15, 0.2) is 30.7 Å². The average molecular weight is 511 g/mol. The van der Waals surface area contributed by atoms with E-state index >= 15 is 4.39 Å². The van der Waals surface area contributed by atoms with E-state index < -0.39 is 27.7 Å². The number of nitrogens with one attached hydrogen (secondary N) is 3. The van der Waals surface area contributed by atoms with Crippen molar-refractivity contribution in [3.63, 3.8) is 0 Å². The lowest BCUT2D eigenvalue weighted by atomic mass is 9.92. The summed E-state index contributed by atoms with van der Waals surface area (Å²) < 4.78 is 70.1. The fourth-order valence-corrected chi connectivity index (χ4v) is 4.88. The molecule has 4 rings (SSSR count). The van der Waals surface area contributed by atoms with Gasteiger partial charge in [-0.2, -0.15) is 12.7 Å². The molecule has 0 bridgehead atoms. The van der Waals surface area contributed by atoms with Gasteiger partial charge in [0, 0.05) is 38.7 Å². The zero-order valence-corrected chi connectivity index (χ0v) is 19.9. The average Bonchev–Trinajstić information content (AvgIpc) is 3.26. The second-order valence-corrected chi connectivity index (χ2v) is 10.2. The first-order chi connectivity index (χ1) is 16.5. The van der Waals surface area contributed by atoms with Crippen molar-refractivity contribution in [1.82, 2.24) is 19.3 Å². The van der Waals surface area contributed by atoms with Gasteiger partial charge in [0.25, 0.3) is 0 Å². The van der Waals surface area contributed by atoms with Crippen molar-refractivity contribution in [1.29, 1.82) is 0 Å². The Morgan fingerprint density at radius 3 is 2.63 bits per heavy atom. The maximum absolute atomic E-state index is 15.3. The fourth-order valence-electron chi connectivity index (χ4n) is 3.95. The molecule has 0 atom stereocenters. The van der Waals surface area contributed by atoms with Crippen LogP contribution in [-0.4, -0.2) is 59.0 Å². The van der Waals surface area contributed by atoms with Gasteiger partial charge in [-0.25, -0.2) is 23.1 Å². The molecule has 9 nitrogen and oxygen atoms in total. The number of carbonyl (C=O) groups excluding carboxylic acids is 1. The minimum atomic E-state index is -4.01. The number of nitrogens with zero attached hydrogens (tertiary/aromatic N) is 3. The van der Waals surface area contributed by atoms with Gasteiger partial charge >= 0.3 is 10.2 Å². The molecule has 35 heavy (non-hydrogen) atoms. The van der Waals surface area contributed by atoms with Crippen LogP contribution in [0, 0.1) is 5.82 Å². The van der Waals surface area contributed by atoms with Gasteiger partial charge in [-0.15, -0.1) is 0 Å². The third-order valence-electron chi connectivity index (χ3n) is 6.11. The molecule has 3 N–H and O–H groups in total. The largest absolute Gasteiger partial charge is 0.367 e. The molecule has 0 saturated heterocycles. The molecular formula is C22H25F3N6O3S. The molecule has 0 spiro atoms. The predicted octanol–water partition coefficient (Wildman–Crippen LogP) is 3.93. The van der Waals surface area contributed by atoms with E-state index in [4.69, 9.17) is 0 Å². The monoisotopic (exact) mass is 510 g/mol. The van der Waals surface area contributed by atoms with Crippen LogP contribution >= 0.6 is 0 Å². The number of alkyl halides is 2. The zero-order valence-electron chi connectivity index (χ0n) is 19.1. The number of carbonyl (C=O) groups is 1. The lowest BCUT2D eigenvalue weighted by Crippen LogP contribution is -2.32. The highest BCUT2D eigenvalue weighted by Crippen LogP contribution is 2.35. The predicted molar refractivity (Wildman–Crippen MR) is 125 cm³/mol. The zero-order chi connectivity index (χ0) is 25.4. The molecule has 1 saturated carbocycles. The topological polar surface area (TPSA) is 120 Å². The van der Waals surface area contributed by atoms with E-state index in [9.17, 15) is 22.0 Å². The standard InChI is InChI=1S/C22H25F3N6O3S/c1-3-31(2)35(33,34)30-16-6-4-5-14(18(16)23)19(32)15-11-26-20-17(15)21(28-12-27-20)29-13-7-9-22(24,25)10-8-13/h4-6,11-13,30H,3,7-10H2,1-2H3,(H2,26,27,28,29). The molecule has 2 aromatic heterocycles. The van der Waals surface area contributed by atoms with Crippen molar-refractivity contribution in [2.75, 3.05) is 23.6 Å². The van der Waals surface area contributed by atoms with Crippen molar-refractivity contribution in [3.8, 4) is 0 Å². The van der Waals surface area contributed by atoms with E-state index in [-0.39, 0.29) is 60.9 Å². The van der Waals surface area contributed by atoms with Crippen LogP contribution in [0.5, 0.6) is 0 Å². The van der Waals surface area contributed by atoms with Crippen molar-refractivity contribution >= 4 is 38.5 Å². The van der Waals surface area contributed by atoms with Crippen molar-refractivity contribution in [3.05, 3.63) is 47.7 Å². The Kier molecular flexibility index (Phi) is 6.73. The molecule has 1 aromatic carbocycles. The van der Waals surface area contributed by atoms with Gasteiger partial charge < -0.3 is 10.3 Å². The molecule has 13 heteroatoms. The van der Waals surface area contributed by atoms with Crippen LogP contribution in [-0.2, 0) is 10.2 Å². The lowest BCUT2D eigenvalue weighted by molar-refractivity contribution is -0.0361. The smallest absolute Gasteiger partial charge is 0.301 e. The number of anilines is 2. The number of aromatic amines is 1. The number of H-pyrrole nitrogens is 1. The number of ketones is 1. The van der Waals surface area contributed by atoms with Crippen LogP contribution < -0.4 is 10.0 Å². The van der Waals surface area contributed by atoms with Crippen LogP contribution in [0.4, 0.5) is 24.7 Å². The fraction of sp³-hybridized carbons (Fsp3) is 0.409. The van der Waals surface area contributed by atoms with Gasteiger partial charge in [0.1, 0.15) is 17.8 Å². The maximum atomic E-state index is 15.3. The molecule has 0 radical (unpaired) electrons. The molecule has 0 amide bonds. The summed E-state index contributed by atoms with van der Waals surface area (Å²) in [6.45, 7) is 1.79. The van der Waals surface area contributed by atoms with Crippen molar-refractivity contribution in [2.45, 2.75) is 44.6 Å². The summed E-state index contributed by atoms with van der Waals surface area (Å²) in [6, 6.07) is 3.57. The molecular weight excluding hydrogens is 485 g/mol. The number of rotatable bonds is 8. The molecule has 1 fully saturated rings. The first-order valence-corrected chi connectivity index (χ1v) is 12.5. The first kappa shape index (κ1) is 24.9. The minimum absolute atomic E-state index is 0.0637. The number of hydrogen-bond acceptors (Lipinski definition) is 6. The second-order valence-electron chi connectivity index (χ2n) is 8.44. The Balaban J connectivity index is 1.66. The van der Waals surface area contributed by atoms with Crippen LogP contribution in [0.3, 0.4) is 0 Å². The molecule has 0 unspecified atom stereocenters. The van der Waals surface area contributed by atoms with Gasteiger partial charge in [0.15, 0.2) is 11.6 Å². The Hall–Kier alpha value is -3.19. The number of fused-ring (bicyclic) bond motifs is 1. The number of aromatic nitrogens is 3. The summed E-state index contributed by atoms with van der Waals surface area (Å²) in [5.74, 6) is -4.16. The van der Waals surface area contributed by atoms with E-state index in [1.165, 1.54) is 37.8 Å². The van der Waals surface area contributed by atoms with E-state index in [0.29, 0.717) is 11.0 Å². The van der Waals surface area contributed by atoms with Gasteiger partial charge in [-0.1, -0.05) is 13.0 Å². The summed E-state index contributed by atoms with van der Waals surface area (Å²) >= 11 is 0. The number of hydrogen-bond donors (Lipinski definition) is 3. The minimum Gasteiger partial charge on any atom is -0.367 e. The number of halogens is 3. The highest BCUT2D eigenvalue weighted by Gasteiger charge is 2.35. The SMILES string of the molecule is CCN(C)S(=O)(=O)Nc1cccc(C(=O)c2c[nH]c3ncnc(NC4CCC(F)(F)CC4)c23)c1F. The lowest BCUT2D eigenvalue weighted by Gasteiger charge is -2.29. The third-order valence-corrected chi connectivity index (χ3v) is 7.67. The molecule has 188 valence electrons. The second kappa shape index (κ2) is 9.46. The van der Waals surface area contributed by atoms with E-state index in [0.717, 1.165) is 4.31 Å². The van der Waals surface area contributed by atoms with Gasteiger partial charge in [0.05, 0.1) is 22.2 Å². The molecule has 2 heterocycles. The highest BCUT2D eigenvalue weighted by molar-refractivity contribution is 7.90. The Labute approximate surface area is 200 Å². The van der Waals surface area contributed by atoms with Crippen molar-refractivity contribution < 1.29 is 26.4 Å². The summed E-state index contributed by atoms with van der Waals surface area (Å²) in [4.78, 5) is 24.5. The Bertz CT molecular complexity index is 1350. The molecule has 0 aliphatic heterocycles. The highest BCUT2D eigenvalue weighted by atomic mass is 32.2. The van der Waals surface area contributed by atoms with Gasteiger partial charge in [-0.3, -0.25) is 9.52 Å². The van der Waals surface area contributed by atoms with Crippen LogP contribution in [0.2, 0.25) is 0 Å². The van der Waals surface area contributed by atoms with E-state index in [2.05, 4.69) is 25.0 Å². The normalized spacial score (nSPS) is 16.5. The van der Waals surface area contributed by atoms with Crippen LogP contribution in [0.1, 0.15) is 48.5 Å². The van der Waals surface area contributed by atoms with Gasteiger partial charge in [0.2, 0.25) is 5.92 Å². The van der Waals surface area contributed by atoms with Crippen LogP contribution in [0.25, 0.3) is 11.0 Å². The molecule has 1 aliphatic carbocycles. The number of benzene rings is 1.